The highest BCUT2D eigenvalue weighted by Crippen LogP contribution is 2.10. The van der Waals surface area contributed by atoms with Crippen molar-refractivity contribution < 1.29 is 9.84 Å². The highest BCUT2D eigenvalue weighted by atomic mass is 127. The van der Waals surface area contributed by atoms with Crippen molar-refractivity contribution in [2.75, 3.05) is 32.8 Å². The topological polar surface area (TPSA) is 70.0 Å². The van der Waals surface area contributed by atoms with Crippen LogP contribution in [0.2, 0.25) is 0 Å². The largest absolute Gasteiger partial charge is 0.490 e. The fourth-order valence-electron chi connectivity index (χ4n) is 2.25. The molecule has 22 heavy (non-hydrogen) atoms. The number of rotatable bonds is 5. The number of aliphatic imine (C=N–C) groups is 1. The molecule has 7 heteroatoms. The minimum absolute atomic E-state index is 0. The summed E-state index contributed by atoms with van der Waals surface area (Å²) in [5, 5.41) is 12.9. The quantitative estimate of drug-likeness (QED) is 0.327. The van der Waals surface area contributed by atoms with Gasteiger partial charge in [0.2, 0.25) is 0 Å². The standard InChI is InChI=1S/C15H24N4O2.HI/c1-2-17-15(19-9-5-13(20)6-10-19)18-8-11-21-14-4-3-7-16-12-14;/h3-4,7,12-13,20H,2,5-6,8-11H2,1H3,(H,17,18);1H. The number of nitrogens with one attached hydrogen (secondary N) is 1. The van der Waals surface area contributed by atoms with E-state index >= 15 is 0 Å². The Morgan fingerprint density at radius 1 is 1.50 bits per heavy atom. The summed E-state index contributed by atoms with van der Waals surface area (Å²) >= 11 is 0. The maximum absolute atomic E-state index is 9.57. The molecule has 1 aliphatic rings. The van der Waals surface area contributed by atoms with Gasteiger partial charge in [0.25, 0.3) is 0 Å². The Kier molecular flexibility index (Phi) is 9.14. The van der Waals surface area contributed by atoms with Crippen LogP contribution in [-0.4, -0.2) is 59.8 Å². The number of likely N-dealkylation sites (tertiary alicyclic amines) is 1. The maximum Gasteiger partial charge on any atom is 0.194 e. The molecule has 0 spiro atoms. The monoisotopic (exact) mass is 420 g/mol. The van der Waals surface area contributed by atoms with E-state index in [1.165, 1.54) is 0 Å². The first-order chi connectivity index (χ1) is 10.3. The van der Waals surface area contributed by atoms with E-state index in [0.717, 1.165) is 44.2 Å². The number of halogens is 1. The summed E-state index contributed by atoms with van der Waals surface area (Å²) in [6, 6.07) is 3.73. The highest BCUT2D eigenvalue weighted by Gasteiger charge is 2.19. The average molecular weight is 420 g/mol. The zero-order chi connectivity index (χ0) is 14.9. The molecule has 2 heterocycles. The molecule has 0 bridgehead atoms. The van der Waals surface area contributed by atoms with Crippen LogP contribution in [0.4, 0.5) is 0 Å². The van der Waals surface area contributed by atoms with Crippen molar-refractivity contribution in [1.82, 2.24) is 15.2 Å². The maximum atomic E-state index is 9.57. The number of nitrogens with zero attached hydrogens (tertiary/aromatic N) is 3. The second-order valence-corrected chi connectivity index (χ2v) is 4.99. The summed E-state index contributed by atoms with van der Waals surface area (Å²) in [6.45, 7) is 5.70. The molecule has 0 aliphatic carbocycles. The molecular weight excluding hydrogens is 395 g/mol. The van der Waals surface area contributed by atoms with Gasteiger partial charge in [-0.05, 0) is 31.9 Å². The Labute approximate surface area is 149 Å². The van der Waals surface area contributed by atoms with E-state index in [1.54, 1.807) is 12.4 Å². The fourth-order valence-corrected chi connectivity index (χ4v) is 2.25. The number of hydrogen-bond acceptors (Lipinski definition) is 4. The van der Waals surface area contributed by atoms with Gasteiger partial charge in [-0.25, -0.2) is 4.99 Å². The molecule has 2 rings (SSSR count). The first kappa shape index (κ1) is 19.0. The number of piperidine rings is 1. The number of aliphatic hydroxyl groups excluding tert-OH is 1. The lowest BCUT2D eigenvalue weighted by molar-refractivity contribution is 0.108. The van der Waals surface area contributed by atoms with Crippen LogP contribution in [0, 0.1) is 0 Å². The lowest BCUT2D eigenvalue weighted by atomic mass is 10.1. The lowest BCUT2D eigenvalue weighted by Gasteiger charge is -2.32. The number of pyridine rings is 1. The van der Waals surface area contributed by atoms with Gasteiger partial charge in [0.05, 0.1) is 18.8 Å². The number of hydrogen-bond donors (Lipinski definition) is 2. The van der Waals surface area contributed by atoms with E-state index in [2.05, 4.69) is 27.1 Å². The van der Waals surface area contributed by atoms with Crippen LogP contribution in [0.5, 0.6) is 5.75 Å². The molecule has 1 aromatic rings. The van der Waals surface area contributed by atoms with Crippen molar-refractivity contribution >= 4 is 29.9 Å². The third-order valence-corrected chi connectivity index (χ3v) is 3.35. The van der Waals surface area contributed by atoms with Crippen LogP contribution in [-0.2, 0) is 0 Å². The van der Waals surface area contributed by atoms with E-state index in [4.69, 9.17) is 4.74 Å². The van der Waals surface area contributed by atoms with Crippen molar-refractivity contribution in [3.63, 3.8) is 0 Å². The minimum Gasteiger partial charge on any atom is -0.490 e. The number of guanidine groups is 1. The van der Waals surface area contributed by atoms with Crippen LogP contribution in [0.1, 0.15) is 19.8 Å². The highest BCUT2D eigenvalue weighted by molar-refractivity contribution is 14.0. The van der Waals surface area contributed by atoms with Gasteiger partial charge in [-0.1, -0.05) is 0 Å². The molecule has 0 aromatic carbocycles. The van der Waals surface area contributed by atoms with Crippen molar-refractivity contribution in [1.29, 1.82) is 0 Å². The molecule has 1 saturated heterocycles. The molecule has 6 nitrogen and oxygen atoms in total. The van der Waals surface area contributed by atoms with Gasteiger partial charge >= 0.3 is 0 Å². The number of aliphatic hydroxyl groups is 1. The number of aromatic nitrogens is 1. The van der Waals surface area contributed by atoms with Gasteiger partial charge in [-0.2, -0.15) is 0 Å². The van der Waals surface area contributed by atoms with Crippen molar-refractivity contribution in [2.45, 2.75) is 25.9 Å². The van der Waals surface area contributed by atoms with E-state index in [9.17, 15) is 5.11 Å². The second-order valence-electron chi connectivity index (χ2n) is 4.99. The predicted molar refractivity (Wildman–Crippen MR) is 97.9 cm³/mol. The van der Waals surface area contributed by atoms with Crippen LogP contribution in [0.15, 0.2) is 29.5 Å². The van der Waals surface area contributed by atoms with Crippen LogP contribution in [0.3, 0.4) is 0 Å². The lowest BCUT2D eigenvalue weighted by Crippen LogP contribution is -2.46. The zero-order valence-corrected chi connectivity index (χ0v) is 15.3. The zero-order valence-electron chi connectivity index (χ0n) is 12.9. The van der Waals surface area contributed by atoms with Gasteiger partial charge in [-0.3, -0.25) is 4.98 Å². The summed E-state index contributed by atoms with van der Waals surface area (Å²) in [4.78, 5) is 10.8. The third-order valence-electron chi connectivity index (χ3n) is 3.35. The normalized spacial score (nSPS) is 16.1. The molecule has 2 N–H and O–H groups in total. The van der Waals surface area contributed by atoms with Crippen LogP contribution < -0.4 is 10.1 Å². The summed E-state index contributed by atoms with van der Waals surface area (Å²) in [7, 11) is 0. The molecule has 0 unspecified atom stereocenters. The fraction of sp³-hybridized carbons (Fsp3) is 0.600. The van der Waals surface area contributed by atoms with Crippen molar-refractivity contribution in [3.05, 3.63) is 24.5 Å². The molecule has 1 aromatic heterocycles. The summed E-state index contributed by atoms with van der Waals surface area (Å²) in [6.07, 6.45) is 4.85. The SMILES string of the molecule is CCNC(=NCCOc1cccnc1)N1CCC(O)CC1.I. The minimum atomic E-state index is -0.168. The van der Waals surface area contributed by atoms with Gasteiger partial charge in [0.15, 0.2) is 5.96 Å². The Hall–Kier alpha value is -1.09. The molecular formula is C15H25IN4O2. The third kappa shape index (κ3) is 6.35. The smallest absolute Gasteiger partial charge is 0.194 e. The first-order valence-electron chi connectivity index (χ1n) is 7.53. The Balaban J connectivity index is 0.00000242. The van der Waals surface area contributed by atoms with E-state index in [-0.39, 0.29) is 30.1 Å². The number of ether oxygens (including phenoxy) is 1. The predicted octanol–water partition coefficient (Wildman–Crippen LogP) is 1.50. The van der Waals surface area contributed by atoms with Gasteiger partial charge in [0, 0.05) is 25.8 Å². The first-order valence-corrected chi connectivity index (χ1v) is 7.53. The molecule has 0 amide bonds. The molecule has 0 atom stereocenters. The Morgan fingerprint density at radius 3 is 2.91 bits per heavy atom. The van der Waals surface area contributed by atoms with Gasteiger partial charge in [-0.15, -0.1) is 24.0 Å². The van der Waals surface area contributed by atoms with E-state index in [0.29, 0.717) is 13.2 Å². The second kappa shape index (κ2) is 10.6. The molecule has 0 saturated carbocycles. The summed E-state index contributed by atoms with van der Waals surface area (Å²) in [5.41, 5.74) is 0. The van der Waals surface area contributed by atoms with Crippen LogP contribution >= 0.6 is 24.0 Å². The molecule has 1 aliphatic heterocycles. The van der Waals surface area contributed by atoms with E-state index in [1.807, 2.05) is 12.1 Å². The van der Waals surface area contributed by atoms with E-state index < -0.39 is 0 Å². The average Bonchev–Trinajstić information content (AvgIpc) is 2.52. The summed E-state index contributed by atoms with van der Waals surface area (Å²) < 4.78 is 5.58. The van der Waals surface area contributed by atoms with Crippen LogP contribution in [0.25, 0.3) is 0 Å². The van der Waals surface area contributed by atoms with Gasteiger partial charge in [0.1, 0.15) is 12.4 Å². The summed E-state index contributed by atoms with van der Waals surface area (Å²) in [5.74, 6) is 1.66. The van der Waals surface area contributed by atoms with Gasteiger partial charge < -0.3 is 20.1 Å². The van der Waals surface area contributed by atoms with Crippen molar-refractivity contribution in [2.24, 2.45) is 4.99 Å². The Morgan fingerprint density at radius 2 is 2.27 bits per heavy atom. The van der Waals surface area contributed by atoms with Crippen molar-refractivity contribution in [3.8, 4) is 5.75 Å². The molecule has 124 valence electrons. The molecule has 1 fully saturated rings. The molecule has 0 radical (unpaired) electrons. The Bertz CT molecular complexity index is 436.